The van der Waals surface area contributed by atoms with Crippen molar-refractivity contribution < 1.29 is 0 Å². The monoisotopic (exact) mass is 118 g/mol. The van der Waals surface area contributed by atoms with E-state index in [1.165, 1.54) is 5.56 Å². The van der Waals surface area contributed by atoms with Gasteiger partial charge in [-0.05, 0) is 23.6 Å². The van der Waals surface area contributed by atoms with Gasteiger partial charge >= 0.3 is 0 Å². The lowest BCUT2D eigenvalue weighted by molar-refractivity contribution is 0.864. The highest BCUT2D eigenvalue weighted by Crippen LogP contribution is 2.10. The summed E-state index contributed by atoms with van der Waals surface area (Å²) in [7, 11) is 0. The Balaban J connectivity index is 2.85. The predicted molar refractivity (Wildman–Crippen MR) is 38.2 cm³/mol. The van der Waals surface area contributed by atoms with Crippen LogP contribution in [0.1, 0.15) is 25.3 Å². The second kappa shape index (κ2) is 2.67. The van der Waals surface area contributed by atoms with Crippen LogP contribution < -0.4 is 0 Å². The van der Waals surface area contributed by atoms with Gasteiger partial charge in [-0.1, -0.05) is 32.0 Å². The predicted octanol–water partition coefficient (Wildman–Crippen LogP) is 2.41. The van der Waals surface area contributed by atoms with Gasteiger partial charge in [-0.2, -0.15) is 0 Å². The molecule has 0 bridgehead atoms. The molecule has 0 spiro atoms. The topological polar surface area (TPSA) is 0 Å². The third kappa shape index (κ3) is 1.56. The van der Waals surface area contributed by atoms with E-state index in [4.69, 9.17) is 0 Å². The molecular weight excluding hydrogens is 108 g/mol. The largest absolute Gasteiger partial charge is 0.0587 e. The van der Waals surface area contributed by atoms with Crippen LogP contribution in [0.5, 0.6) is 0 Å². The number of rotatable bonds is 1. The minimum atomic E-state index is 0.572. The van der Waals surface area contributed by atoms with Crippen LogP contribution in [-0.2, 0) is 0 Å². The molecule has 0 saturated carbocycles. The molecule has 1 aromatic carbocycles. The van der Waals surface area contributed by atoms with Gasteiger partial charge < -0.3 is 0 Å². The fraction of sp³-hybridized carbons (Fsp3) is 0.333. The maximum atomic E-state index is 3.14. The Kier molecular flexibility index (Phi) is 1.88. The average Bonchev–Trinajstić information content (AvgIpc) is 1.90. The minimum Gasteiger partial charge on any atom is -0.0587 e. The van der Waals surface area contributed by atoms with Crippen molar-refractivity contribution in [2.75, 3.05) is 0 Å². The van der Waals surface area contributed by atoms with Crippen LogP contribution in [0, 0.1) is 12.1 Å². The summed E-state index contributed by atoms with van der Waals surface area (Å²) < 4.78 is 0. The summed E-state index contributed by atoms with van der Waals surface area (Å²) in [4.78, 5) is 0. The highest BCUT2D eigenvalue weighted by molar-refractivity contribution is 5.15. The van der Waals surface area contributed by atoms with Crippen LogP contribution in [0.2, 0.25) is 0 Å². The zero-order chi connectivity index (χ0) is 6.69. The van der Waals surface area contributed by atoms with Gasteiger partial charge in [0.25, 0.3) is 0 Å². The van der Waals surface area contributed by atoms with Gasteiger partial charge in [0.05, 0.1) is 0 Å². The summed E-state index contributed by atoms with van der Waals surface area (Å²) in [6.07, 6.45) is 0. The molecule has 0 heteroatoms. The standard InChI is InChI=1S/C9H10/c1-8(2)9-6-4-3-5-7-9/h3-4,7-8H,1-2H3. The van der Waals surface area contributed by atoms with E-state index in [0.717, 1.165) is 0 Å². The summed E-state index contributed by atoms with van der Waals surface area (Å²) in [6.45, 7) is 4.30. The second-order valence-corrected chi connectivity index (χ2v) is 2.40. The zero-order valence-corrected chi connectivity index (χ0v) is 5.81. The van der Waals surface area contributed by atoms with Crippen LogP contribution in [0.3, 0.4) is 0 Å². The van der Waals surface area contributed by atoms with Crippen LogP contribution in [0.25, 0.3) is 0 Å². The lowest BCUT2D eigenvalue weighted by Crippen LogP contribution is -1.84. The van der Waals surface area contributed by atoms with Gasteiger partial charge in [-0.15, -0.1) is 0 Å². The molecule has 0 heterocycles. The van der Waals surface area contributed by atoms with Gasteiger partial charge in [0.2, 0.25) is 0 Å². The highest BCUT2D eigenvalue weighted by atomic mass is 14.0. The SMILES string of the molecule is CC(C)c1[c]cc[c]c1. The molecule has 1 rings (SSSR count). The third-order valence-corrected chi connectivity index (χ3v) is 1.29. The Morgan fingerprint density at radius 1 is 1.33 bits per heavy atom. The van der Waals surface area contributed by atoms with E-state index in [1.807, 2.05) is 18.2 Å². The highest BCUT2D eigenvalue weighted by Gasteiger charge is 1.94. The summed E-state index contributed by atoms with van der Waals surface area (Å²) in [5.41, 5.74) is 1.23. The van der Waals surface area contributed by atoms with Crippen molar-refractivity contribution in [1.82, 2.24) is 0 Å². The van der Waals surface area contributed by atoms with Crippen molar-refractivity contribution in [2.45, 2.75) is 19.8 Å². The van der Waals surface area contributed by atoms with Crippen molar-refractivity contribution in [3.8, 4) is 0 Å². The Labute approximate surface area is 56.5 Å². The molecule has 0 aliphatic heterocycles. The Morgan fingerprint density at radius 2 is 2.11 bits per heavy atom. The first-order valence-corrected chi connectivity index (χ1v) is 3.18. The van der Waals surface area contributed by atoms with Gasteiger partial charge in [0, 0.05) is 0 Å². The van der Waals surface area contributed by atoms with Crippen LogP contribution in [-0.4, -0.2) is 0 Å². The molecule has 0 atom stereocenters. The Bertz CT molecular complexity index is 163. The summed E-state index contributed by atoms with van der Waals surface area (Å²) in [6, 6.07) is 11.9. The first kappa shape index (κ1) is 6.34. The van der Waals surface area contributed by atoms with Crippen molar-refractivity contribution in [3.63, 3.8) is 0 Å². The van der Waals surface area contributed by atoms with Crippen LogP contribution >= 0.6 is 0 Å². The molecular formula is C9H10. The Morgan fingerprint density at radius 3 is 2.44 bits per heavy atom. The van der Waals surface area contributed by atoms with Crippen LogP contribution in [0.15, 0.2) is 18.2 Å². The summed E-state index contributed by atoms with van der Waals surface area (Å²) >= 11 is 0. The quantitative estimate of drug-likeness (QED) is 0.531. The normalized spacial score (nSPS) is 10.1. The van der Waals surface area contributed by atoms with E-state index in [2.05, 4.69) is 26.0 Å². The van der Waals surface area contributed by atoms with Crippen molar-refractivity contribution in [2.24, 2.45) is 0 Å². The first-order valence-electron chi connectivity index (χ1n) is 3.18. The molecule has 0 amide bonds. The molecule has 2 radical (unpaired) electrons. The molecule has 0 aliphatic rings. The van der Waals surface area contributed by atoms with Gasteiger partial charge in [0.1, 0.15) is 0 Å². The zero-order valence-electron chi connectivity index (χ0n) is 5.81. The van der Waals surface area contributed by atoms with E-state index in [1.54, 1.807) is 0 Å². The lowest BCUT2D eigenvalue weighted by Gasteiger charge is -2.00. The third-order valence-electron chi connectivity index (χ3n) is 1.29. The maximum Gasteiger partial charge on any atom is -0.0146 e. The van der Waals surface area contributed by atoms with Crippen molar-refractivity contribution in [3.05, 3.63) is 35.9 Å². The molecule has 0 aromatic heterocycles. The number of benzene rings is 1. The molecule has 0 N–H and O–H groups in total. The number of hydrogen-bond acceptors (Lipinski definition) is 0. The smallest absolute Gasteiger partial charge is 0.0146 e. The molecule has 0 unspecified atom stereocenters. The maximum absolute atomic E-state index is 3.14. The summed E-state index contributed by atoms with van der Waals surface area (Å²) in [5, 5.41) is 0. The number of hydrogen-bond donors (Lipinski definition) is 0. The average molecular weight is 118 g/mol. The molecule has 0 nitrogen and oxygen atoms in total. The minimum absolute atomic E-state index is 0.572. The second-order valence-electron chi connectivity index (χ2n) is 2.40. The van der Waals surface area contributed by atoms with E-state index in [-0.39, 0.29) is 0 Å². The molecule has 0 saturated heterocycles. The van der Waals surface area contributed by atoms with Crippen LogP contribution in [0.4, 0.5) is 0 Å². The lowest BCUT2D eigenvalue weighted by atomic mass is 10.0. The van der Waals surface area contributed by atoms with Crippen molar-refractivity contribution >= 4 is 0 Å². The summed E-state index contributed by atoms with van der Waals surface area (Å²) in [5.74, 6) is 0.572. The van der Waals surface area contributed by atoms with Crippen molar-refractivity contribution in [1.29, 1.82) is 0 Å². The van der Waals surface area contributed by atoms with E-state index >= 15 is 0 Å². The molecule has 9 heavy (non-hydrogen) atoms. The van der Waals surface area contributed by atoms with E-state index in [0.29, 0.717) is 5.92 Å². The molecule has 46 valence electrons. The van der Waals surface area contributed by atoms with E-state index < -0.39 is 0 Å². The fourth-order valence-electron chi connectivity index (χ4n) is 0.699. The molecule has 0 aliphatic carbocycles. The Hall–Kier alpha value is -0.780. The molecule has 0 fully saturated rings. The van der Waals surface area contributed by atoms with Gasteiger partial charge in [-0.3, -0.25) is 0 Å². The van der Waals surface area contributed by atoms with Gasteiger partial charge in [-0.25, -0.2) is 0 Å². The first-order chi connectivity index (χ1) is 4.30. The van der Waals surface area contributed by atoms with E-state index in [9.17, 15) is 0 Å². The van der Waals surface area contributed by atoms with Gasteiger partial charge in [0.15, 0.2) is 0 Å². The fourth-order valence-corrected chi connectivity index (χ4v) is 0.699. The molecule has 1 aromatic rings.